The van der Waals surface area contributed by atoms with E-state index in [1.54, 1.807) is 19.2 Å². The third kappa shape index (κ3) is 6.48. The van der Waals surface area contributed by atoms with Gasteiger partial charge in [-0.05, 0) is 105 Å². The van der Waals surface area contributed by atoms with E-state index in [4.69, 9.17) is 24.7 Å². The number of para-hydroxylation sites is 1. The molecule has 3 aromatic carbocycles. The Morgan fingerprint density at radius 3 is 2.41 bits per heavy atom. The number of rotatable bonds is 9. The van der Waals surface area contributed by atoms with Crippen molar-refractivity contribution in [3.05, 3.63) is 100 Å². The summed E-state index contributed by atoms with van der Waals surface area (Å²) in [6, 6.07) is 16.3. The maximum Gasteiger partial charge on any atom is 0.344 e. The Balaban J connectivity index is 1.21. The Labute approximate surface area is 403 Å². The number of nitrogens with zero attached hydrogens (tertiary/aromatic N) is 3. The summed E-state index contributed by atoms with van der Waals surface area (Å²) in [6.07, 6.45) is 5.94. The molecule has 1 unspecified atom stereocenters. The maximum atomic E-state index is 15.7. The van der Waals surface area contributed by atoms with Crippen LogP contribution in [0, 0.1) is 18.3 Å². The second-order valence-corrected chi connectivity index (χ2v) is 20.8. The molecule has 3 fully saturated rings. The number of fused-ring (bicyclic) bond motifs is 6. The maximum absolute atomic E-state index is 15.7. The molecule has 15 heteroatoms. The molecular formula is C54H66N6O9. The number of nitrogen functional groups attached to an aromatic ring is 1. The first-order chi connectivity index (χ1) is 33.0. The van der Waals surface area contributed by atoms with Gasteiger partial charge < -0.3 is 49.9 Å². The number of esters is 3. The number of H-pyrrole nitrogens is 1. The van der Waals surface area contributed by atoms with Gasteiger partial charge >= 0.3 is 17.9 Å². The van der Waals surface area contributed by atoms with Crippen LogP contribution < -0.4 is 20.7 Å². The molecule has 1 saturated carbocycles. The molecule has 1 amide bonds. The molecule has 15 nitrogen and oxygen atoms in total. The van der Waals surface area contributed by atoms with Gasteiger partial charge in [0.2, 0.25) is 5.60 Å². The van der Waals surface area contributed by atoms with Crippen LogP contribution in [0.3, 0.4) is 0 Å². The summed E-state index contributed by atoms with van der Waals surface area (Å²) >= 11 is 0. The number of carbonyl (C=O) groups excluding carboxylic acids is 4. The number of likely N-dealkylation sites (N-methyl/N-ethyl adjacent to an activating group) is 1. The molecule has 1 aromatic heterocycles. The molecule has 1 spiro atoms. The standard InChI is InChI=1S/C54H66N6O9/c1-9-50(57-44(62)34-16-17-39(55)31(3)24-34)27-33-28-53(48(63)67-7,43-36(18-22-59(29-33)30-50)35-14-11-12-15-40(35)56-43)38-25-37-41(26-42(38)66-6)58(5)46-52(37)20-23-60-21-13-19-51(10-2,45(52)60)47(69-32(4)61)54(46,65)49(64)68-8/h11-17,19,24-26,33,45-47,56,65H,9-10,18,20-23,27-30,55H2,1-8H3,(H,57,62)/t33-,45+,46-,47-,50+,51-,52-,53+,54+/m1/s1. The summed E-state index contributed by atoms with van der Waals surface area (Å²) in [5.74, 6) is -1.85. The molecule has 6 aliphatic rings. The normalized spacial score (nSPS) is 33.2. The van der Waals surface area contributed by atoms with Crippen LogP contribution in [0.1, 0.15) is 91.2 Å². The Hall–Kier alpha value is -5.90. The third-order valence-electron chi connectivity index (χ3n) is 17.5. The van der Waals surface area contributed by atoms with Crippen LogP contribution >= 0.6 is 0 Å². The van der Waals surface area contributed by atoms with Crippen LogP contribution in [-0.2, 0) is 45.8 Å². The summed E-state index contributed by atoms with van der Waals surface area (Å²) in [5.41, 5.74) is 6.52. The van der Waals surface area contributed by atoms with E-state index in [0.29, 0.717) is 93.8 Å². The number of nitrogens with one attached hydrogen (secondary N) is 2. The second kappa shape index (κ2) is 16.6. The van der Waals surface area contributed by atoms with Crippen LogP contribution in [0.25, 0.3) is 10.9 Å². The summed E-state index contributed by atoms with van der Waals surface area (Å²) < 4.78 is 24.3. The number of piperidine rings is 1. The number of methoxy groups -OCH3 is 3. The van der Waals surface area contributed by atoms with Crippen molar-refractivity contribution in [3.63, 3.8) is 0 Å². The highest BCUT2D eigenvalue weighted by atomic mass is 16.6. The van der Waals surface area contributed by atoms with E-state index in [1.165, 1.54) is 21.1 Å². The van der Waals surface area contributed by atoms with Gasteiger partial charge in [-0.1, -0.05) is 44.2 Å². The molecule has 0 radical (unpaired) electrons. The predicted molar refractivity (Wildman–Crippen MR) is 261 cm³/mol. The van der Waals surface area contributed by atoms with Crippen LogP contribution in [0.5, 0.6) is 5.75 Å². The number of aromatic amines is 1. The Bertz CT molecular complexity index is 2810. The van der Waals surface area contributed by atoms with Gasteiger partial charge in [-0.25, -0.2) is 4.79 Å². The van der Waals surface area contributed by atoms with Crippen LogP contribution in [0.15, 0.2) is 66.7 Å². The minimum atomic E-state index is -2.33. The molecule has 4 aromatic rings. The van der Waals surface area contributed by atoms with E-state index in [0.717, 1.165) is 39.0 Å². The van der Waals surface area contributed by atoms with E-state index >= 15 is 4.79 Å². The molecule has 10 atom stereocenters. The van der Waals surface area contributed by atoms with Crippen molar-refractivity contribution in [2.75, 3.05) is 71.7 Å². The smallest absolute Gasteiger partial charge is 0.344 e. The number of hydrogen-bond acceptors (Lipinski definition) is 13. The average molecular weight is 943 g/mol. The van der Waals surface area contributed by atoms with Gasteiger partial charge in [0.1, 0.15) is 11.2 Å². The number of benzene rings is 3. The molecule has 2 bridgehead atoms. The molecular weight excluding hydrogens is 877 g/mol. The molecule has 6 heterocycles. The van der Waals surface area contributed by atoms with Crippen LogP contribution in [0.4, 0.5) is 11.4 Å². The van der Waals surface area contributed by atoms with Crippen molar-refractivity contribution < 1.29 is 43.2 Å². The van der Waals surface area contributed by atoms with Gasteiger partial charge in [-0.2, -0.15) is 0 Å². The Morgan fingerprint density at radius 2 is 1.71 bits per heavy atom. The lowest BCUT2D eigenvalue weighted by Gasteiger charge is -2.63. The zero-order valence-electron chi connectivity index (χ0n) is 41.1. The monoisotopic (exact) mass is 942 g/mol. The first kappa shape index (κ1) is 46.8. The first-order valence-corrected chi connectivity index (χ1v) is 24.5. The average Bonchev–Trinajstić information content (AvgIpc) is 4.01. The van der Waals surface area contributed by atoms with E-state index < -0.39 is 57.4 Å². The summed E-state index contributed by atoms with van der Waals surface area (Å²) in [4.78, 5) is 68.2. The number of carbonyl (C=O) groups is 4. The van der Waals surface area contributed by atoms with Gasteiger partial charge in [-0.3, -0.25) is 19.3 Å². The number of amides is 1. The van der Waals surface area contributed by atoms with Gasteiger partial charge in [0.25, 0.3) is 5.91 Å². The highest BCUT2D eigenvalue weighted by molar-refractivity contribution is 5.96. The quantitative estimate of drug-likeness (QED) is 0.0732. The minimum Gasteiger partial charge on any atom is -0.496 e. The first-order valence-electron chi connectivity index (χ1n) is 24.5. The largest absolute Gasteiger partial charge is 0.496 e. The zero-order chi connectivity index (χ0) is 49.0. The van der Waals surface area contributed by atoms with E-state index in [-0.39, 0.29) is 17.9 Å². The number of aryl methyl sites for hydroxylation is 1. The fraction of sp³-hybridized carbons (Fsp3) is 0.519. The van der Waals surface area contributed by atoms with Crippen molar-refractivity contribution in [2.24, 2.45) is 11.3 Å². The van der Waals surface area contributed by atoms with Crippen molar-refractivity contribution in [3.8, 4) is 5.75 Å². The van der Waals surface area contributed by atoms with Gasteiger partial charge in [-0.15, -0.1) is 0 Å². The number of anilines is 2. The SMILES string of the molecule is CC[C@]1(NC(=O)c2ccc(N)c(C)c2)C[C@H]2CN(CCc3c([nH]c4ccccc34)[C@@](C(=O)OC)(c3cc4c(cc3OC)N(C)[C@H]3[C@@](O)(C(=O)OC)[C@H](OC(C)=O)[C@]5(CC)C=CCN6CC[C@]43[C@@H]65)C2)C1. The fourth-order valence-electron chi connectivity index (χ4n) is 14.8. The molecule has 1 aliphatic carbocycles. The van der Waals surface area contributed by atoms with Crippen molar-refractivity contribution in [2.45, 2.75) is 106 Å². The Morgan fingerprint density at radius 1 is 0.942 bits per heavy atom. The van der Waals surface area contributed by atoms with Crippen molar-refractivity contribution in [1.82, 2.24) is 20.1 Å². The number of aliphatic hydroxyl groups is 1. The molecule has 2 saturated heterocycles. The third-order valence-corrected chi connectivity index (χ3v) is 17.5. The Kier molecular flexibility index (Phi) is 11.3. The van der Waals surface area contributed by atoms with E-state index in [9.17, 15) is 19.5 Å². The minimum absolute atomic E-state index is 0.142. The van der Waals surface area contributed by atoms with Gasteiger partial charge in [0.05, 0.1) is 32.9 Å². The van der Waals surface area contributed by atoms with Crippen LogP contribution in [-0.4, -0.2) is 134 Å². The second-order valence-electron chi connectivity index (χ2n) is 20.8. The number of hydrogen-bond donors (Lipinski definition) is 4. The molecule has 366 valence electrons. The number of aromatic nitrogens is 1. The lowest BCUT2D eigenvalue weighted by molar-refractivity contribution is -0.228. The molecule has 5 N–H and O–H groups in total. The summed E-state index contributed by atoms with van der Waals surface area (Å²) in [7, 11) is 6.15. The summed E-state index contributed by atoms with van der Waals surface area (Å²) in [6.45, 7) is 10.6. The predicted octanol–water partition coefficient (Wildman–Crippen LogP) is 5.32. The lowest BCUT2D eigenvalue weighted by atomic mass is 9.47. The number of nitrogens with two attached hydrogens (primary N) is 1. The van der Waals surface area contributed by atoms with E-state index in [1.807, 2.05) is 56.1 Å². The molecule has 10 rings (SSSR count). The number of ether oxygens (including phenoxy) is 4. The van der Waals surface area contributed by atoms with Crippen LogP contribution in [0.2, 0.25) is 0 Å². The van der Waals surface area contributed by atoms with E-state index in [2.05, 4.69) is 51.3 Å². The fourth-order valence-corrected chi connectivity index (χ4v) is 14.8. The van der Waals surface area contributed by atoms with Gasteiger partial charge in [0.15, 0.2) is 6.10 Å². The van der Waals surface area contributed by atoms with Crippen molar-refractivity contribution in [1.29, 1.82) is 0 Å². The zero-order valence-corrected chi connectivity index (χ0v) is 41.1. The topological polar surface area (TPSA) is 189 Å². The highest BCUT2D eigenvalue weighted by Gasteiger charge is 2.80. The molecule has 5 aliphatic heterocycles. The van der Waals surface area contributed by atoms with Gasteiger partial charge in [0, 0.05) is 102 Å². The lowest BCUT2D eigenvalue weighted by Crippen LogP contribution is -2.81. The van der Waals surface area contributed by atoms with Crippen molar-refractivity contribution >= 4 is 46.1 Å². The summed E-state index contributed by atoms with van der Waals surface area (Å²) in [5, 5.41) is 18.0. The molecule has 69 heavy (non-hydrogen) atoms. The highest BCUT2D eigenvalue weighted by Crippen LogP contribution is 2.68.